The summed E-state index contributed by atoms with van der Waals surface area (Å²) in [5.74, 6) is 0. The highest BCUT2D eigenvalue weighted by Crippen LogP contribution is 2.25. The van der Waals surface area contributed by atoms with Gasteiger partial charge in [0.15, 0.2) is 0 Å². The molecule has 1 aromatic rings. The zero-order valence-electron chi connectivity index (χ0n) is 9.67. The molecular weight excluding hydrogens is 196 g/mol. The highest BCUT2D eigenvalue weighted by Gasteiger charge is 2.33. The van der Waals surface area contributed by atoms with Crippen molar-refractivity contribution in [3.05, 3.63) is 54.1 Å². The minimum Gasteiger partial charge on any atom is -0.361 e. The Labute approximate surface area is 97.4 Å². The van der Waals surface area contributed by atoms with Gasteiger partial charge in [0.05, 0.1) is 0 Å². The Hall–Kier alpha value is -1.34. The van der Waals surface area contributed by atoms with E-state index in [1.165, 1.54) is 12.0 Å². The van der Waals surface area contributed by atoms with Gasteiger partial charge in [0, 0.05) is 0 Å². The Morgan fingerprint density at radius 1 is 1.12 bits per heavy atom. The Balaban J connectivity index is 1.79. The van der Waals surface area contributed by atoms with E-state index >= 15 is 0 Å². The van der Waals surface area contributed by atoms with E-state index in [1.54, 1.807) is 0 Å². The summed E-state index contributed by atoms with van der Waals surface area (Å²) in [7, 11) is 0. The lowest BCUT2D eigenvalue weighted by Gasteiger charge is -1.89. The lowest BCUT2D eigenvalue weighted by molar-refractivity contribution is 0.413. The Kier molecular flexibility index (Phi) is 3.95. The predicted octanol–water partition coefficient (Wildman–Crippen LogP) is 3.82. The molecule has 1 heterocycles. The van der Waals surface area contributed by atoms with Gasteiger partial charge in [-0.25, -0.2) is 0 Å². The fourth-order valence-corrected chi connectivity index (χ4v) is 1.61. The van der Waals surface area contributed by atoms with E-state index in [1.807, 2.05) is 18.2 Å². The molecule has 0 aromatic heterocycles. The molecule has 1 nitrogen and oxygen atoms in total. The summed E-state index contributed by atoms with van der Waals surface area (Å²) in [6.45, 7) is 2.19. The van der Waals surface area contributed by atoms with E-state index in [4.69, 9.17) is 4.74 Å². The summed E-state index contributed by atoms with van der Waals surface area (Å²) in [6, 6.07) is 10.3. The molecule has 0 amide bonds. The van der Waals surface area contributed by atoms with Crippen LogP contribution in [-0.4, -0.2) is 12.2 Å². The standard InChI is InChI=1S/C15H18O/c1-2-3-5-10-14-15(16-14)12-11-13-8-6-4-7-9-13/h4-12,14-15H,2-3H2,1H3. The molecule has 0 bridgehead atoms. The fraction of sp³-hybridized carbons (Fsp3) is 0.333. The first-order chi connectivity index (χ1) is 7.90. The van der Waals surface area contributed by atoms with Crippen molar-refractivity contribution in [3.63, 3.8) is 0 Å². The molecule has 2 unspecified atom stereocenters. The van der Waals surface area contributed by atoms with Gasteiger partial charge >= 0.3 is 0 Å². The molecule has 1 aromatic carbocycles. The van der Waals surface area contributed by atoms with Gasteiger partial charge in [0.25, 0.3) is 0 Å². The van der Waals surface area contributed by atoms with Crippen LogP contribution in [0.5, 0.6) is 0 Å². The maximum absolute atomic E-state index is 5.51. The normalized spacial score (nSPS) is 24.3. The van der Waals surface area contributed by atoms with Gasteiger partial charge in [-0.1, -0.05) is 68.0 Å². The van der Waals surface area contributed by atoms with E-state index in [0.29, 0.717) is 6.10 Å². The molecule has 0 N–H and O–H groups in total. The SMILES string of the molecule is CCCC=CC1OC1C=Cc1ccccc1. The number of benzene rings is 1. The summed E-state index contributed by atoms with van der Waals surface area (Å²) in [6.07, 6.45) is 11.6. The Bertz CT molecular complexity index is 364. The van der Waals surface area contributed by atoms with Crippen molar-refractivity contribution in [3.8, 4) is 0 Å². The third-order valence-electron chi connectivity index (χ3n) is 2.62. The quantitative estimate of drug-likeness (QED) is 0.536. The maximum atomic E-state index is 5.51. The number of epoxide rings is 1. The number of hydrogen-bond donors (Lipinski definition) is 0. The fourth-order valence-electron chi connectivity index (χ4n) is 1.61. The first-order valence-electron chi connectivity index (χ1n) is 5.95. The highest BCUT2D eigenvalue weighted by molar-refractivity contribution is 5.50. The molecule has 1 aliphatic heterocycles. The van der Waals surface area contributed by atoms with Crippen molar-refractivity contribution < 1.29 is 4.74 Å². The van der Waals surface area contributed by atoms with E-state index < -0.39 is 0 Å². The van der Waals surface area contributed by atoms with Crippen LogP contribution in [0.25, 0.3) is 6.08 Å². The van der Waals surface area contributed by atoms with Crippen LogP contribution < -0.4 is 0 Å². The molecule has 0 aliphatic carbocycles. The topological polar surface area (TPSA) is 12.5 Å². The monoisotopic (exact) mass is 214 g/mol. The average Bonchev–Trinajstić information content (AvgIpc) is 3.07. The van der Waals surface area contributed by atoms with Crippen molar-refractivity contribution >= 4 is 6.08 Å². The molecule has 16 heavy (non-hydrogen) atoms. The molecule has 84 valence electrons. The number of hydrogen-bond acceptors (Lipinski definition) is 1. The number of allylic oxidation sites excluding steroid dienone is 1. The second-order valence-electron chi connectivity index (χ2n) is 4.05. The lowest BCUT2D eigenvalue weighted by Crippen LogP contribution is -1.84. The van der Waals surface area contributed by atoms with Crippen LogP contribution in [0, 0.1) is 0 Å². The molecule has 1 aliphatic rings. The van der Waals surface area contributed by atoms with Gasteiger partial charge in [-0.3, -0.25) is 0 Å². The zero-order chi connectivity index (χ0) is 11.2. The average molecular weight is 214 g/mol. The second-order valence-corrected chi connectivity index (χ2v) is 4.05. The first kappa shape index (κ1) is 11.2. The van der Waals surface area contributed by atoms with Gasteiger partial charge in [0.2, 0.25) is 0 Å². The van der Waals surface area contributed by atoms with Gasteiger partial charge in [0.1, 0.15) is 12.2 Å². The van der Waals surface area contributed by atoms with Gasteiger partial charge < -0.3 is 4.74 Å². The Morgan fingerprint density at radius 2 is 1.88 bits per heavy atom. The largest absolute Gasteiger partial charge is 0.361 e. The van der Waals surface area contributed by atoms with E-state index in [-0.39, 0.29) is 6.10 Å². The maximum Gasteiger partial charge on any atom is 0.107 e. The Morgan fingerprint density at radius 3 is 2.62 bits per heavy atom. The van der Waals surface area contributed by atoms with Crippen LogP contribution >= 0.6 is 0 Å². The second kappa shape index (κ2) is 5.66. The van der Waals surface area contributed by atoms with Crippen molar-refractivity contribution in [2.24, 2.45) is 0 Å². The van der Waals surface area contributed by atoms with Gasteiger partial charge in [-0.2, -0.15) is 0 Å². The molecular formula is C15H18O. The lowest BCUT2D eigenvalue weighted by atomic mass is 10.2. The van der Waals surface area contributed by atoms with Crippen molar-refractivity contribution in [1.29, 1.82) is 0 Å². The molecule has 0 saturated carbocycles. The van der Waals surface area contributed by atoms with E-state index in [0.717, 1.165) is 6.42 Å². The zero-order valence-corrected chi connectivity index (χ0v) is 9.67. The van der Waals surface area contributed by atoms with Crippen LogP contribution in [0.4, 0.5) is 0 Å². The minimum atomic E-state index is 0.285. The van der Waals surface area contributed by atoms with Crippen molar-refractivity contribution in [2.75, 3.05) is 0 Å². The molecule has 1 heteroatoms. The molecule has 1 fully saturated rings. The minimum absolute atomic E-state index is 0.285. The van der Waals surface area contributed by atoms with Gasteiger partial charge in [-0.15, -0.1) is 0 Å². The van der Waals surface area contributed by atoms with Crippen LogP contribution in [0.2, 0.25) is 0 Å². The van der Waals surface area contributed by atoms with Crippen LogP contribution in [-0.2, 0) is 4.74 Å². The highest BCUT2D eigenvalue weighted by atomic mass is 16.6. The first-order valence-corrected chi connectivity index (χ1v) is 5.95. The summed E-state index contributed by atoms with van der Waals surface area (Å²) in [5, 5.41) is 0. The molecule has 0 radical (unpaired) electrons. The summed E-state index contributed by atoms with van der Waals surface area (Å²) in [5.41, 5.74) is 1.23. The third kappa shape index (κ3) is 3.35. The summed E-state index contributed by atoms with van der Waals surface area (Å²) < 4.78 is 5.51. The van der Waals surface area contributed by atoms with Crippen LogP contribution in [0.15, 0.2) is 48.6 Å². The molecule has 2 rings (SSSR count). The van der Waals surface area contributed by atoms with Gasteiger partial charge in [-0.05, 0) is 12.0 Å². The van der Waals surface area contributed by atoms with E-state index in [9.17, 15) is 0 Å². The number of rotatable bonds is 5. The summed E-state index contributed by atoms with van der Waals surface area (Å²) in [4.78, 5) is 0. The van der Waals surface area contributed by atoms with Crippen molar-refractivity contribution in [2.45, 2.75) is 32.0 Å². The summed E-state index contributed by atoms with van der Waals surface area (Å²) >= 11 is 0. The molecule has 1 saturated heterocycles. The van der Waals surface area contributed by atoms with Crippen LogP contribution in [0.3, 0.4) is 0 Å². The molecule has 0 spiro atoms. The van der Waals surface area contributed by atoms with Crippen LogP contribution in [0.1, 0.15) is 25.3 Å². The molecule has 2 atom stereocenters. The van der Waals surface area contributed by atoms with E-state index in [2.05, 4.69) is 43.4 Å². The smallest absolute Gasteiger partial charge is 0.107 e. The van der Waals surface area contributed by atoms with Crippen molar-refractivity contribution in [1.82, 2.24) is 0 Å². The number of unbranched alkanes of at least 4 members (excludes halogenated alkanes) is 1. The third-order valence-corrected chi connectivity index (χ3v) is 2.62. The number of ether oxygens (including phenoxy) is 1. The predicted molar refractivity (Wildman–Crippen MR) is 68.2 cm³/mol.